The molecule has 1 aromatic carbocycles. The van der Waals surface area contributed by atoms with E-state index in [9.17, 15) is 0 Å². The first-order chi connectivity index (χ1) is 8.84. The predicted octanol–water partition coefficient (Wildman–Crippen LogP) is 4.11. The van der Waals surface area contributed by atoms with Gasteiger partial charge in [-0.15, -0.1) is 0 Å². The fourth-order valence-electron chi connectivity index (χ4n) is 1.34. The molecular formula is C12H10Cl3N3O. The van der Waals surface area contributed by atoms with E-state index in [-0.39, 0.29) is 11.8 Å². The minimum Gasteiger partial charge on any atom is -0.424 e. The van der Waals surface area contributed by atoms with Gasteiger partial charge in [-0.3, -0.25) is 0 Å². The Kier molecular flexibility index (Phi) is 4.13. The molecule has 0 saturated heterocycles. The van der Waals surface area contributed by atoms with Crippen LogP contribution < -0.4 is 4.74 Å². The summed E-state index contributed by atoms with van der Waals surface area (Å²) in [7, 11) is 0. The van der Waals surface area contributed by atoms with E-state index in [1.807, 2.05) is 31.2 Å². The number of ether oxygens (including phenoxy) is 1. The number of rotatable bonds is 2. The van der Waals surface area contributed by atoms with E-state index in [1.165, 1.54) is 0 Å². The monoisotopic (exact) mass is 317 g/mol. The zero-order chi connectivity index (χ0) is 14.0. The van der Waals surface area contributed by atoms with E-state index in [1.54, 1.807) is 6.92 Å². The van der Waals surface area contributed by atoms with Crippen LogP contribution in [0.5, 0.6) is 11.8 Å². The molecule has 0 bridgehead atoms. The quantitative estimate of drug-likeness (QED) is 0.782. The Hall–Kier alpha value is -1.10. The van der Waals surface area contributed by atoms with Crippen LogP contribution in [0.4, 0.5) is 0 Å². The summed E-state index contributed by atoms with van der Waals surface area (Å²) in [6.45, 7) is 3.65. The molecule has 100 valence electrons. The second kappa shape index (κ2) is 5.49. The van der Waals surface area contributed by atoms with Gasteiger partial charge in [0.15, 0.2) is 5.82 Å². The van der Waals surface area contributed by atoms with Gasteiger partial charge in [-0.1, -0.05) is 52.5 Å². The van der Waals surface area contributed by atoms with Crippen molar-refractivity contribution in [3.05, 3.63) is 41.5 Å². The third-order valence-corrected chi connectivity index (χ3v) is 2.72. The summed E-state index contributed by atoms with van der Waals surface area (Å²) in [5, 5.41) is 0. The molecule has 2 rings (SSSR count). The lowest BCUT2D eigenvalue weighted by Crippen LogP contribution is -2.10. The van der Waals surface area contributed by atoms with E-state index in [2.05, 4.69) is 15.0 Å². The molecule has 0 aliphatic heterocycles. The summed E-state index contributed by atoms with van der Waals surface area (Å²) < 4.78 is 3.80. The lowest BCUT2D eigenvalue weighted by atomic mass is 10.2. The van der Waals surface area contributed by atoms with Crippen molar-refractivity contribution in [1.82, 2.24) is 15.0 Å². The van der Waals surface area contributed by atoms with Gasteiger partial charge in [0, 0.05) is 0 Å². The summed E-state index contributed by atoms with van der Waals surface area (Å²) in [6, 6.07) is 7.54. The van der Waals surface area contributed by atoms with Crippen LogP contribution in [0.15, 0.2) is 24.3 Å². The van der Waals surface area contributed by atoms with Gasteiger partial charge >= 0.3 is 6.01 Å². The number of nitrogens with zero attached hydrogens (tertiary/aromatic N) is 3. The zero-order valence-electron chi connectivity index (χ0n) is 10.2. The lowest BCUT2D eigenvalue weighted by Gasteiger charge is -2.11. The van der Waals surface area contributed by atoms with Crippen LogP contribution in [-0.2, 0) is 3.79 Å². The Balaban J connectivity index is 2.30. The van der Waals surface area contributed by atoms with Gasteiger partial charge in [0.25, 0.3) is 0 Å². The summed E-state index contributed by atoms with van der Waals surface area (Å²) in [5.74, 6) is 1.05. The van der Waals surface area contributed by atoms with E-state index in [0.717, 1.165) is 5.56 Å². The first kappa shape index (κ1) is 14.3. The Morgan fingerprint density at radius 3 is 2.16 bits per heavy atom. The number of hydrogen-bond acceptors (Lipinski definition) is 4. The number of benzene rings is 1. The number of alkyl halides is 3. The minimum absolute atomic E-state index is 0.0344. The van der Waals surface area contributed by atoms with Crippen molar-refractivity contribution >= 4 is 34.8 Å². The third-order valence-electron chi connectivity index (χ3n) is 2.21. The molecule has 0 amide bonds. The van der Waals surface area contributed by atoms with Gasteiger partial charge in [0.1, 0.15) is 11.6 Å². The second-order valence-electron chi connectivity index (χ2n) is 3.90. The normalized spacial score (nSPS) is 11.4. The number of halogens is 3. The summed E-state index contributed by atoms with van der Waals surface area (Å²) in [4.78, 5) is 12.0. The van der Waals surface area contributed by atoms with Gasteiger partial charge in [0.05, 0.1) is 0 Å². The van der Waals surface area contributed by atoms with Crippen LogP contribution in [-0.4, -0.2) is 15.0 Å². The fraction of sp³-hybridized carbons (Fsp3) is 0.250. The molecule has 0 unspecified atom stereocenters. The Morgan fingerprint density at radius 1 is 0.947 bits per heavy atom. The first-order valence-corrected chi connectivity index (χ1v) is 6.52. The van der Waals surface area contributed by atoms with Crippen LogP contribution in [0.25, 0.3) is 0 Å². The molecule has 0 atom stereocenters. The standard InChI is InChI=1S/C12H10Cl3N3O/c1-7-3-5-9(6-4-7)19-11-17-8(2)16-10(18-11)12(13,14)15/h3-6H,1-2H3. The largest absolute Gasteiger partial charge is 0.424 e. The van der Waals surface area contributed by atoms with Crippen molar-refractivity contribution < 1.29 is 4.74 Å². The highest BCUT2D eigenvalue weighted by molar-refractivity contribution is 6.66. The molecule has 0 spiro atoms. The lowest BCUT2D eigenvalue weighted by molar-refractivity contribution is 0.434. The Morgan fingerprint density at radius 2 is 1.58 bits per heavy atom. The molecule has 0 N–H and O–H groups in total. The molecule has 0 aliphatic rings. The summed E-state index contributed by atoms with van der Waals surface area (Å²) >= 11 is 17.2. The SMILES string of the molecule is Cc1ccc(Oc2nc(C)nc(C(Cl)(Cl)Cl)n2)cc1. The van der Waals surface area contributed by atoms with Crippen molar-refractivity contribution in [2.45, 2.75) is 17.6 Å². The fourth-order valence-corrected chi connectivity index (χ4v) is 1.59. The minimum atomic E-state index is -1.71. The van der Waals surface area contributed by atoms with Crippen LogP contribution >= 0.6 is 34.8 Å². The molecule has 1 heterocycles. The number of aromatic nitrogens is 3. The molecule has 0 radical (unpaired) electrons. The third kappa shape index (κ3) is 3.93. The molecule has 0 saturated carbocycles. The van der Waals surface area contributed by atoms with Crippen molar-refractivity contribution in [2.24, 2.45) is 0 Å². The Labute approximate surface area is 125 Å². The van der Waals surface area contributed by atoms with Gasteiger partial charge in [0.2, 0.25) is 3.79 Å². The van der Waals surface area contributed by atoms with Crippen LogP contribution in [0.2, 0.25) is 0 Å². The molecule has 7 heteroatoms. The Bertz CT molecular complexity index is 582. The maximum atomic E-state index is 5.75. The van der Waals surface area contributed by atoms with Gasteiger partial charge < -0.3 is 4.74 Å². The van der Waals surface area contributed by atoms with Crippen molar-refractivity contribution in [3.63, 3.8) is 0 Å². The summed E-state index contributed by atoms with van der Waals surface area (Å²) in [5.41, 5.74) is 1.13. The zero-order valence-corrected chi connectivity index (χ0v) is 12.5. The van der Waals surface area contributed by atoms with Gasteiger partial charge in [-0.2, -0.15) is 9.97 Å². The summed E-state index contributed by atoms with van der Waals surface area (Å²) in [6.07, 6.45) is 0. The highest BCUT2D eigenvalue weighted by Crippen LogP contribution is 2.36. The van der Waals surface area contributed by atoms with Crippen LogP contribution in [0.1, 0.15) is 17.2 Å². The topological polar surface area (TPSA) is 47.9 Å². The highest BCUT2D eigenvalue weighted by atomic mass is 35.6. The molecule has 0 fully saturated rings. The maximum Gasteiger partial charge on any atom is 0.325 e. The average molecular weight is 319 g/mol. The second-order valence-corrected chi connectivity index (χ2v) is 6.18. The number of hydrogen-bond donors (Lipinski definition) is 0. The van der Waals surface area contributed by atoms with Gasteiger partial charge in [-0.25, -0.2) is 4.98 Å². The van der Waals surface area contributed by atoms with Crippen LogP contribution in [0.3, 0.4) is 0 Å². The average Bonchev–Trinajstić information content (AvgIpc) is 2.30. The van der Waals surface area contributed by atoms with Crippen molar-refractivity contribution in [2.75, 3.05) is 0 Å². The van der Waals surface area contributed by atoms with E-state index < -0.39 is 3.79 Å². The van der Waals surface area contributed by atoms with Crippen LogP contribution in [0, 0.1) is 13.8 Å². The predicted molar refractivity (Wildman–Crippen MR) is 75.1 cm³/mol. The van der Waals surface area contributed by atoms with Crippen molar-refractivity contribution in [3.8, 4) is 11.8 Å². The van der Waals surface area contributed by atoms with Crippen molar-refractivity contribution in [1.29, 1.82) is 0 Å². The molecule has 2 aromatic rings. The van der Waals surface area contributed by atoms with E-state index in [0.29, 0.717) is 11.6 Å². The molecule has 4 nitrogen and oxygen atoms in total. The van der Waals surface area contributed by atoms with E-state index >= 15 is 0 Å². The number of aryl methyl sites for hydroxylation is 2. The van der Waals surface area contributed by atoms with Gasteiger partial charge in [-0.05, 0) is 26.0 Å². The molecule has 19 heavy (non-hydrogen) atoms. The molecule has 1 aromatic heterocycles. The van der Waals surface area contributed by atoms with E-state index in [4.69, 9.17) is 39.5 Å². The smallest absolute Gasteiger partial charge is 0.325 e. The molecule has 0 aliphatic carbocycles. The first-order valence-electron chi connectivity index (χ1n) is 5.39. The molecular weight excluding hydrogens is 309 g/mol. The maximum absolute atomic E-state index is 5.75. The highest BCUT2D eigenvalue weighted by Gasteiger charge is 2.28.